The molecular formula is C47H30N6. The molecule has 0 saturated heterocycles. The molecule has 6 aromatic carbocycles. The largest absolute Gasteiger partial charge is 0.298 e. The molecule has 0 amide bonds. The zero-order chi connectivity index (χ0) is 35.1. The SMILES string of the molecule is c1ccc(-c2ccc(-c3nc(-c4ccc(-c5ccccc5)cc4)nc(-c4ccc(-c5nc6ccccc6c6nc7ccccn7c56)cc4)n3)cc2)cc1. The summed E-state index contributed by atoms with van der Waals surface area (Å²) < 4.78 is 2.12. The minimum absolute atomic E-state index is 0.599. The van der Waals surface area contributed by atoms with Crippen LogP contribution in [-0.4, -0.2) is 29.3 Å². The highest BCUT2D eigenvalue weighted by molar-refractivity contribution is 6.09. The molecule has 0 unspecified atom stereocenters. The lowest BCUT2D eigenvalue weighted by atomic mass is 10.0. The molecule has 10 aromatic rings. The molecule has 248 valence electrons. The monoisotopic (exact) mass is 678 g/mol. The van der Waals surface area contributed by atoms with Gasteiger partial charge in [-0.15, -0.1) is 0 Å². The van der Waals surface area contributed by atoms with Crippen LogP contribution in [0.15, 0.2) is 182 Å². The fourth-order valence-electron chi connectivity index (χ4n) is 6.98. The van der Waals surface area contributed by atoms with Crippen LogP contribution in [-0.2, 0) is 0 Å². The van der Waals surface area contributed by atoms with Gasteiger partial charge in [-0.2, -0.15) is 0 Å². The van der Waals surface area contributed by atoms with Crippen molar-refractivity contribution in [3.05, 3.63) is 182 Å². The van der Waals surface area contributed by atoms with E-state index in [1.165, 1.54) is 0 Å². The Balaban J connectivity index is 1.08. The van der Waals surface area contributed by atoms with E-state index in [0.29, 0.717) is 17.5 Å². The highest BCUT2D eigenvalue weighted by atomic mass is 15.0. The molecule has 0 N–H and O–H groups in total. The lowest BCUT2D eigenvalue weighted by Gasteiger charge is -2.11. The number of para-hydroxylation sites is 1. The van der Waals surface area contributed by atoms with Crippen LogP contribution in [0.4, 0.5) is 0 Å². The first-order chi connectivity index (χ1) is 26.2. The van der Waals surface area contributed by atoms with Crippen LogP contribution in [0, 0.1) is 0 Å². The van der Waals surface area contributed by atoms with E-state index in [1.54, 1.807) is 0 Å². The lowest BCUT2D eigenvalue weighted by molar-refractivity contribution is 1.07. The van der Waals surface area contributed by atoms with Crippen LogP contribution >= 0.6 is 0 Å². The number of pyridine rings is 2. The van der Waals surface area contributed by atoms with E-state index in [9.17, 15) is 0 Å². The van der Waals surface area contributed by atoms with Crippen molar-refractivity contribution >= 4 is 27.6 Å². The van der Waals surface area contributed by atoms with E-state index < -0.39 is 0 Å². The van der Waals surface area contributed by atoms with Crippen LogP contribution < -0.4 is 0 Å². The third-order valence-corrected chi connectivity index (χ3v) is 9.70. The topological polar surface area (TPSA) is 68.9 Å². The molecule has 4 aromatic heterocycles. The van der Waals surface area contributed by atoms with Gasteiger partial charge in [0.2, 0.25) is 0 Å². The highest BCUT2D eigenvalue weighted by Gasteiger charge is 2.18. The minimum atomic E-state index is 0.599. The molecule has 0 saturated carbocycles. The fraction of sp³-hybridized carbons (Fsp3) is 0. The number of nitrogens with zero attached hydrogens (tertiary/aromatic N) is 6. The van der Waals surface area contributed by atoms with E-state index in [1.807, 2.05) is 54.7 Å². The first-order valence-corrected chi connectivity index (χ1v) is 17.6. The summed E-state index contributed by atoms with van der Waals surface area (Å²) in [6, 6.07) is 60.1. The Bertz CT molecular complexity index is 2800. The van der Waals surface area contributed by atoms with Gasteiger partial charge in [0.1, 0.15) is 11.2 Å². The number of imidazole rings is 1. The Morgan fingerprint density at radius 1 is 0.321 bits per heavy atom. The van der Waals surface area contributed by atoms with Gasteiger partial charge < -0.3 is 0 Å². The molecule has 4 heterocycles. The maximum absolute atomic E-state index is 5.16. The maximum atomic E-state index is 5.16. The molecular weight excluding hydrogens is 649 g/mol. The van der Waals surface area contributed by atoms with Gasteiger partial charge in [0.25, 0.3) is 0 Å². The molecule has 0 radical (unpaired) electrons. The predicted molar refractivity (Wildman–Crippen MR) is 214 cm³/mol. The van der Waals surface area contributed by atoms with Crippen molar-refractivity contribution in [2.45, 2.75) is 0 Å². The van der Waals surface area contributed by atoms with Gasteiger partial charge in [-0.05, 0) is 40.5 Å². The summed E-state index contributed by atoms with van der Waals surface area (Å²) in [5.41, 5.74) is 12.9. The van der Waals surface area contributed by atoms with Crippen molar-refractivity contribution in [3.63, 3.8) is 0 Å². The first kappa shape index (κ1) is 30.5. The van der Waals surface area contributed by atoms with E-state index in [2.05, 4.69) is 132 Å². The average Bonchev–Trinajstić information content (AvgIpc) is 3.64. The zero-order valence-electron chi connectivity index (χ0n) is 28.5. The van der Waals surface area contributed by atoms with Gasteiger partial charge in [-0.3, -0.25) is 4.40 Å². The first-order valence-electron chi connectivity index (χ1n) is 17.6. The summed E-state index contributed by atoms with van der Waals surface area (Å²) in [4.78, 5) is 25.3. The maximum Gasteiger partial charge on any atom is 0.164 e. The minimum Gasteiger partial charge on any atom is -0.298 e. The molecule has 0 aliphatic heterocycles. The molecule has 6 heteroatoms. The van der Waals surface area contributed by atoms with E-state index in [-0.39, 0.29) is 0 Å². The van der Waals surface area contributed by atoms with Crippen molar-refractivity contribution in [1.29, 1.82) is 0 Å². The van der Waals surface area contributed by atoms with Gasteiger partial charge in [-0.1, -0.05) is 158 Å². The van der Waals surface area contributed by atoms with Gasteiger partial charge in [0.05, 0.1) is 16.7 Å². The summed E-state index contributed by atoms with van der Waals surface area (Å²) in [7, 11) is 0. The average molecular weight is 679 g/mol. The summed E-state index contributed by atoms with van der Waals surface area (Å²) in [6.07, 6.45) is 2.05. The number of fused-ring (bicyclic) bond motifs is 5. The second-order valence-corrected chi connectivity index (χ2v) is 13.0. The lowest BCUT2D eigenvalue weighted by Crippen LogP contribution is -2.00. The summed E-state index contributed by atoms with van der Waals surface area (Å²) >= 11 is 0. The second-order valence-electron chi connectivity index (χ2n) is 13.0. The van der Waals surface area contributed by atoms with Crippen LogP contribution in [0.25, 0.3) is 95.3 Å². The quantitative estimate of drug-likeness (QED) is 0.175. The molecule has 10 rings (SSSR count). The van der Waals surface area contributed by atoms with Gasteiger partial charge in [-0.25, -0.2) is 24.9 Å². The van der Waals surface area contributed by atoms with Gasteiger partial charge in [0, 0.05) is 33.8 Å². The molecule has 0 aliphatic rings. The predicted octanol–water partition coefficient (Wildman–Crippen LogP) is 11.2. The highest BCUT2D eigenvalue weighted by Crippen LogP contribution is 2.34. The molecule has 0 atom stereocenters. The molecule has 0 fully saturated rings. The molecule has 53 heavy (non-hydrogen) atoms. The Kier molecular flexibility index (Phi) is 7.36. The van der Waals surface area contributed by atoms with Crippen LogP contribution in [0.3, 0.4) is 0 Å². The fourth-order valence-corrected chi connectivity index (χ4v) is 6.98. The normalized spacial score (nSPS) is 11.4. The number of benzene rings is 6. The van der Waals surface area contributed by atoms with Crippen molar-refractivity contribution in [3.8, 4) is 67.7 Å². The molecule has 0 aliphatic carbocycles. The van der Waals surface area contributed by atoms with Crippen molar-refractivity contribution in [1.82, 2.24) is 29.3 Å². The van der Waals surface area contributed by atoms with Gasteiger partial charge in [0.15, 0.2) is 17.5 Å². The van der Waals surface area contributed by atoms with Crippen molar-refractivity contribution in [2.75, 3.05) is 0 Å². The Morgan fingerprint density at radius 3 is 1.30 bits per heavy atom. The second kappa shape index (κ2) is 12.8. The van der Waals surface area contributed by atoms with E-state index in [0.717, 1.165) is 77.8 Å². The van der Waals surface area contributed by atoms with Crippen LogP contribution in [0.2, 0.25) is 0 Å². The van der Waals surface area contributed by atoms with E-state index >= 15 is 0 Å². The third-order valence-electron chi connectivity index (χ3n) is 9.70. The summed E-state index contributed by atoms with van der Waals surface area (Å²) in [5.74, 6) is 1.83. The molecule has 6 nitrogen and oxygen atoms in total. The standard InChI is InChI=1S/C47H30N6/c1-3-11-31(12-4-1)33-18-24-36(25-19-33)45-50-46(37-26-20-34(21-27-37)32-13-5-2-6-14-32)52-47(51-45)38-28-22-35(23-29-38)42-44-43(39-15-7-8-16-40(39)48-42)49-41-17-9-10-30-53(41)44/h1-30H. The zero-order valence-corrected chi connectivity index (χ0v) is 28.5. The summed E-state index contributed by atoms with van der Waals surface area (Å²) in [6.45, 7) is 0. The number of hydrogen-bond donors (Lipinski definition) is 0. The number of rotatable bonds is 6. The smallest absolute Gasteiger partial charge is 0.164 e. The van der Waals surface area contributed by atoms with Crippen LogP contribution in [0.1, 0.15) is 0 Å². The Morgan fingerprint density at radius 2 is 0.755 bits per heavy atom. The number of aromatic nitrogens is 6. The Hall–Kier alpha value is -7.31. The van der Waals surface area contributed by atoms with Gasteiger partial charge >= 0.3 is 0 Å². The number of hydrogen-bond acceptors (Lipinski definition) is 5. The van der Waals surface area contributed by atoms with E-state index in [4.69, 9.17) is 24.9 Å². The van der Waals surface area contributed by atoms with Crippen molar-refractivity contribution in [2.24, 2.45) is 0 Å². The molecule has 0 spiro atoms. The third kappa shape index (κ3) is 5.59. The van der Waals surface area contributed by atoms with Crippen LogP contribution in [0.5, 0.6) is 0 Å². The van der Waals surface area contributed by atoms with Crippen molar-refractivity contribution < 1.29 is 0 Å². The summed E-state index contributed by atoms with van der Waals surface area (Å²) in [5, 5.41) is 1.03. The Labute approximate surface area is 305 Å². The molecule has 0 bridgehead atoms.